The smallest absolute Gasteiger partial charge is 0.242 e. The summed E-state index contributed by atoms with van der Waals surface area (Å²) in [6.45, 7) is 1.01. The summed E-state index contributed by atoms with van der Waals surface area (Å²) in [6.07, 6.45) is 5.36. The van der Waals surface area contributed by atoms with E-state index in [0.717, 1.165) is 41.8 Å². The van der Waals surface area contributed by atoms with Gasteiger partial charge in [-0.15, -0.1) is 11.8 Å². The van der Waals surface area contributed by atoms with Crippen molar-refractivity contribution in [3.8, 4) is 11.5 Å². The van der Waals surface area contributed by atoms with Gasteiger partial charge in [0, 0.05) is 28.3 Å². The van der Waals surface area contributed by atoms with Crippen molar-refractivity contribution < 1.29 is 19.1 Å². The minimum Gasteiger partial charge on any atom is -0.486 e. The average Bonchev–Trinajstić information content (AvgIpc) is 2.93. The van der Waals surface area contributed by atoms with Crippen LogP contribution < -0.4 is 20.1 Å². The number of amides is 2. The molecule has 2 aliphatic rings. The fraction of sp³-hybridized carbons (Fsp3) is 0.310. The topological polar surface area (TPSA) is 76.7 Å². The molecular formula is C29H30N2O4S. The molecule has 1 fully saturated rings. The molecule has 7 heteroatoms. The van der Waals surface area contributed by atoms with Crippen LogP contribution in [0, 0.1) is 5.92 Å². The molecule has 0 aromatic heterocycles. The first kappa shape index (κ1) is 24.3. The maximum atomic E-state index is 13.5. The molecule has 186 valence electrons. The Bertz CT molecular complexity index is 1210. The van der Waals surface area contributed by atoms with E-state index in [9.17, 15) is 9.59 Å². The zero-order valence-corrected chi connectivity index (χ0v) is 20.9. The summed E-state index contributed by atoms with van der Waals surface area (Å²) in [7, 11) is 0. The van der Waals surface area contributed by atoms with Gasteiger partial charge in [-0.05, 0) is 48.7 Å². The molecule has 0 bridgehead atoms. The number of nitrogens with one attached hydrogen (secondary N) is 2. The van der Waals surface area contributed by atoms with E-state index >= 15 is 0 Å². The Kier molecular flexibility index (Phi) is 7.76. The highest BCUT2D eigenvalue weighted by molar-refractivity contribution is 8.00. The highest BCUT2D eigenvalue weighted by Crippen LogP contribution is 2.38. The maximum absolute atomic E-state index is 13.5. The Morgan fingerprint density at radius 1 is 0.778 bits per heavy atom. The minimum atomic E-state index is -0.483. The van der Waals surface area contributed by atoms with Gasteiger partial charge >= 0.3 is 0 Å². The molecule has 3 aromatic carbocycles. The zero-order valence-electron chi connectivity index (χ0n) is 20.1. The molecule has 2 N–H and O–H groups in total. The van der Waals surface area contributed by atoms with Crippen molar-refractivity contribution >= 4 is 35.0 Å². The van der Waals surface area contributed by atoms with E-state index in [1.54, 1.807) is 6.07 Å². The number of rotatable bonds is 7. The van der Waals surface area contributed by atoms with Gasteiger partial charge in [-0.25, -0.2) is 0 Å². The highest BCUT2D eigenvalue weighted by Gasteiger charge is 2.24. The molecule has 36 heavy (non-hydrogen) atoms. The largest absolute Gasteiger partial charge is 0.486 e. The predicted molar refractivity (Wildman–Crippen MR) is 143 cm³/mol. The van der Waals surface area contributed by atoms with Crippen molar-refractivity contribution in [3.63, 3.8) is 0 Å². The first-order valence-electron chi connectivity index (χ1n) is 12.5. The van der Waals surface area contributed by atoms with Crippen LogP contribution in [-0.4, -0.2) is 25.0 Å². The third kappa shape index (κ3) is 6.02. The van der Waals surface area contributed by atoms with Gasteiger partial charge in [-0.3, -0.25) is 9.59 Å². The van der Waals surface area contributed by atoms with E-state index in [2.05, 4.69) is 10.6 Å². The second-order valence-electron chi connectivity index (χ2n) is 9.11. The summed E-state index contributed by atoms with van der Waals surface area (Å²) >= 11 is 1.46. The fourth-order valence-electron chi connectivity index (χ4n) is 4.62. The molecular weight excluding hydrogens is 472 g/mol. The van der Waals surface area contributed by atoms with Gasteiger partial charge in [0.25, 0.3) is 0 Å². The molecule has 6 nitrogen and oxygen atoms in total. The van der Waals surface area contributed by atoms with Crippen LogP contribution in [0.4, 0.5) is 11.4 Å². The average molecular weight is 503 g/mol. The lowest BCUT2D eigenvalue weighted by molar-refractivity contribution is -0.120. The first-order valence-corrected chi connectivity index (χ1v) is 13.4. The Labute approximate surface area is 215 Å². The molecule has 1 unspecified atom stereocenters. The number of benzene rings is 3. The Hall–Kier alpha value is -3.45. The van der Waals surface area contributed by atoms with Gasteiger partial charge in [0.15, 0.2) is 11.5 Å². The lowest BCUT2D eigenvalue weighted by atomic mass is 9.88. The molecule has 1 aliphatic heterocycles. The second-order valence-corrected chi connectivity index (χ2v) is 10.3. The standard InChI is InChI=1S/C29H30N2O4S/c32-28(21-10-5-2-6-11-21)30-22-12-7-13-24(18-22)36-27(20-8-3-1-4-9-20)29(33)31-23-14-15-25-26(19-23)35-17-16-34-25/h1,3-4,7-9,12-15,18-19,21,27H,2,5-6,10-11,16-17H2,(H,30,32)(H,31,33). The zero-order chi connectivity index (χ0) is 24.7. The van der Waals surface area contributed by atoms with Crippen molar-refractivity contribution in [3.05, 3.63) is 78.4 Å². The summed E-state index contributed by atoms with van der Waals surface area (Å²) in [5.74, 6) is 1.35. The number of carbonyl (C=O) groups excluding carboxylic acids is 2. The van der Waals surface area contributed by atoms with Gasteiger partial charge in [0.1, 0.15) is 18.5 Å². The molecule has 5 rings (SSSR count). The normalized spacial score (nSPS) is 16.1. The van der Waals surface area contributed by atoms with Crippen LogP contribution >= 0.6 is 11.8 Å². The molecule has 0 saturated heterocycles. The third-order valence-corrected chi connectivity index (χ3v) is 7.73. The van der Waals surface area contributed by atoms with Crippen LogP contribution in [0.25, 0.3) is 0 Å². The molecule has 1 aliphatic carbocycles. The molecule has 2 amide bonds. The van der Waals surface area contributed by atoms with Crippen molar-refractivity contribution in [2.45, 2.75) is 42.2 Å². The van der Waals surface area contributed by atoms with E-state index in [-0.39, 0.29) is 17.7 Å². The van der Waals surface area contributed by atoms with Gasteiger partial charge in [0.05, 0.1) is 0 Å². The SMILES string of the molecule is O=C(Nc1cccc(SC(C(=O)Nc2ccc3c(c2)OCCO3)c2ccccc2)c1)C1CCCCC1. The van der Waals surface area contributed by atoms with E-state index < -0.39 is 5.25 Å². The van der Waals surface area contributed by atoms with Crippen LogP contribution in [0.1, 0.15) is 42.9 Å². The highest BCUT2D eigenvalue weighted by atomic mass is 32.2. The number of hydrogen-bond acceptors (Lipinski definition) is 5. The number of carbonyl (C=O) groups is 2. The minimum absolute atomic E-state index is 0.0869. The van der Waals surface area contributed by atoms with Gasteiger partial charge in [-0.1, -0.05) is 55.7 Å². The number of ether oxygens (including phenoxy) is 2. The van der Waals surface area contributed by atoms with Crippen LogP contribution in [0.2, 0.25) is 0 Å². The fourth-order valence-corrected chi connectivity index (χ4v) is 5.71. The molecule has 1 saturated carbocycles. The van der Waals surface area contributed by atoms with E-state index in [0.29, 0.717) is 30.4 Å². The summed E-state index contributed by atoms with van der Waals surface area (Å²) in [4.78, 5) is 27.1. The second kappa shape index (κ2) is 11.5. The van der Waals surface area contributed by atoms with E-state index in [1.807, 2.05) is 66.7 Å². The van der Waals surface area contributed by atoms with E-state index in [4.69, 9.17) is 9.47 Å². The molecule has 3 aromatic rings. The lowest BCUT2D eigenvalue weighted by Crippen LogP contribution is -2.24. The number of fused-ring (bicyclic) bond motifs is 1. The third-order valence-electron chi connectivity index (χ3n) is 6.48. The Morgan fingerprint density at radius 3 is 2.33 bits per heavy atom. The van der Waals surface area contributed by atoms with E-state index in [1.165, 1.54) is 18.2 Å². The molecule has 1 atom stereocenters. The van der Waals surface area contributed by atoms with Gasteiger partial charge in [0.2, 0.25) is 11.8 Å². The predicted octanol–water partition coefficient (Wildman–Crippen LogP) is 6.45. The van der Waals surface area contributed by atoms with Gasteiger partial charge in [-0.2, -0.15) is 0 Å². The molecule has 0 spiro atoms. The summed E-state index contributed by atoms with van der Waals surface area (Å²) < 4.78 is 11.2. The number of thioether (sulfide) groups is 1. The van der Waals surface area contributed by atoms with Crippen molar-refractivity contribution in [2.75, 3.05) is 23.8 Å². The number of hydrogen-bond donors (Lipinski definition) is 2. The summed E-state index contributed by atoms with van der Waals surface area (Å²) in [5.41, 5.74) is 2.31. The molecule has 1 heterocycles. The van der Waals surface area contributed by atoms with Crippen molar-refractivity contribution in [1.29, 1.82) is 0 Å². The number of anilines is 2. The molecule has 0 radical (unpaired) electrons. The van der Waals surface area contributed by atoms with Gasteiger partial charge < -0.3 is 20.1 Å². The van der Waals surface area contributed by atoms with Crippen molar-refractivity contribution in [2.24, 2.45) is 5.92 Å². The summed E-state index contributed by atoms with van der Waals surface area (Å²) in [5, 5.41) is 5.64. The first-order chi connectivity index (χ1) is 17.7. The lowest BCUT2D eigenvalue weighted by Gasteiger charge is -2.21. The van der Waals surface area contributed by atoms with Crippen LogP contribution in [0.5, 0.6) is 11.5 Å². The maximum Gasteiger partial charge on any atom is 0.242 e. The Balaban J connectivity index is 1.32. The van der Waals surface area contributed by atoms with Crippen LogP contribution in [0.15, 0.2) is 77.7 Å². The van der Waals surface area contributed by atoms with Crippen LogP contribution in [0.3, 0.4) is 0 Å². The quantitative estimate of drug-likeness (QED) is 0.363. The monoisotopic (exact) mass is 502 g/mol. The summed E-state index contributed by atoms with van der Waals surface area (Å²) in [6, 6.07) is 22.9. The Morgan fingerprint density at radius 2 is 1.53 bits per heavy atom. The van der Waals surface area contributed by atoms with Crippen LogP contribution in [-0.2, 0) is 9.59 Å². The van der Waals surface area contributed by atoms with Crippen molar-refractivity contribution in [1.82, 2.24) is 0 Å².